The molecule has 94 valence electrons. The molecule has 0 saturated carbocycles. The second kappa shape index (κ2) is 6.26. The lowest BCUT2D eigenvalue weighted by molar-refractivity contribution is -0.120. The first-order valence-corrected chi connectivity index (χ1v) is 6.20. The number of carbonyl (C=O) groups is 1. The highest BCUT2D eigenvalue weighted by atomic mass is 35.5. The van der Waals surface area contributed by atoms with Crippen LogP contribution in [0.4, 0.5) is 0 Å². The van der Waals surface area contributed by atoms with E-state index < -0.39 is 5.38 Å². The number of hydrogen-bond acceptors (Lipinski definition) is 2. The maximum Gasteiger partial charge on any atom is 0.242 e. The number of rotatable bonds is 5. The van der Waals surface area contributed by atoms with Crippen molar-refractivity contribution in [1.29, 1.82) is 0 Å². The molecule has 1 unspecified atom stereocenters. The van der Waals surface area contributed by atoms with Crippen LogP contribution in [-0.4, -0.2) is 12.5 Å². The average molecular weight is 264 g/mol. The Kier molecular flexibility index (Phi) is 4.42. The fraction of sp³-hybridized carbons (Fsp3) is 0.214. The van der Waals surface area contributed by atoms with Gasteiger partial charge >= 0.3 is 0 Å². The van der Waals surface area contributed by atoms with Crippen LogP contribution in [0.15, 0.2) is 53.1 Å². The van der Waals surface area contributed by atoms with Crippen molar-refractivity contribution in [3.63, 3.8) is 0 Å². The number of carbonyl (C=O) groups excluding carboxylic acids is 1. The molecule has 2 rings (SSSR count). The van der Waals surface area contributed by atoms with Gasteiger partial charge in [0.05, 0.1) is 6.26 Å². The Labute approximate surface area is 111 Å². The first kappa shape index (κ1) is 12.7. The normalized spacial score (nSPS) is 12.1. The van der Waals surface area contributed by atoms with Gasteiger partial charge in [0.1, 0.15) is 11.1 Å². The van der Waals surface area contributed by atoms with E-state index in [1.54, 1.807) is 6.26 Å². The van der Waals surface area contributed by atoms with E-state index in [-0.39, 0.29) is 5.91 Å². The minimum atomic E-state index is -0.650. The first-order chi connectivity index (χ1) is 8.77. The third-order valence-electron chi connectivity index (χ3n) is 2.57. The van der Waals surface area contributed by atoms with Crippen LogP contribution in [-0.2, 0) is 11.2 Å². The number of furan rings is 1. The summed E-state index contributed by atoms with van der Waals surface area (Å²) in [5.41, 5.74) is 0.801. The standard InChI is InChI=1S/C14H14ClNO2/c15-13(11-5-2-1-3-6-11)14(17)16-9-8-12-7-4-10-18-12/h1-7,10,13H,8-9H2,(H,16,17). The van der Waals surface area contributed by atoms with Gasteiger partial charge in [0.2, 0.25) is 5.91 Å². The van der Waals surface area contributed by atoms with Gasteiger partial charge in [0, 0.05) is 13.0 Å². The summed E-state index contributed by atoms with van der Waals surface area (Å²) in [7, 11) is 0. The Hall–Kier alpha value is -1.74. The summed E-state index contributed by atoms with van der Waals surface area (Å²) in [5.74, 6) is 0.663. The highest BCUT2D eigenvalue weighted by Crippen LogP contribution is 2.19. The summed E-state index contributed by atoms with van der Waals surface area (Å²) >= 11 is 6.08. The summed E-state index contributed by atoms with van der Waals surface area (Å²) in [6.45, 7) is 0.516. The second-order valence-corrected chi connectivity index (χ2v) is 4.33. The Morgan fingerprint density at radius 3 is 2.67 bits per heavy atom. The number of benzene rings is 1. The van der Waals surface area contributed by atoms with Gasteiger partial charge in [0.15, 0.2) is 0 Å². The van der Waals surface area contributed by atoms with Crippen LogP contribution in [0.2, 0.25) is 0 Å². The molecule has 0 spiro atoms. The van der Waals surface area contributed by atoms with E-state index in [1.165, 1.54) is 0 Å². The molecule has 1 aromatic carbocycles. The van der Waals surface area contributed by atoms with Gasteiger partial charge in [-0.2, -0.15) is 0 Å². The fourth-order valence-corrected chi connectivity index (χ4v) is 1.85. The maximum atomic E-state index is 11.8. The Bertz CT molecular complexity index is 482. The molecule has 0 aliphatic heterocycles. The van der Waals surface area contributed by atoms with E-state index in [4.69, 9.17) is 16.0 Å². The van der Waals surface area contributed by atoms with E-state index in [0.717, 1.165) is 11.3 Å². The highest BCUT2D eigenvalue weighted by molar-refractivity contribution is 6.30. The summed E-state index contributed by atoms with van der Waals surface area (Å²) < 4.78 is 5.18. The molecule has 0 aliphatic rings. The van der Waals surface area contributed by atoms with E-state index in [1.807, 2.05) is 42.5 Å². The Morgan fingerprint density at radius 1 is 1.22 bits per heavy atom. The molecule has 18 heavy (non-hydrogen) atoms. The quantitative estimate of drug-likeness (QED) is 0.843. The van der Waals surface area contributed by atoms with Gasteiger partial charge in [-0.05, 0) is 17.7 Å². The van der Waals surface area contributed by atoms with Gasteiger partial charge in [-0.3, -0.25) is 4.79 Å². The molecule has 0 saturated heterocycles. The number of hydrogen-bond donors (Lipinski definition) is 1. The van der Waals surface area contributed by atoms with Crippen molar-refractivity contribution in [3.8, 4) is 0 Å². The fourth-order valence-electron chi connectivity index (χ4n) is 1.63. The number of alkyl halides is 1. The third-order valence-corrected chi connectivity index (χ3v) is 3.02. The summed E-state index contributed by atoms with van der Waals surface area (Å²) in [4.78, 5) is 11.8. The molecule has 0 fully saturated rings. The SMILES string of the molecule is O=C(NCCc1ccco1)C(Cl)c1ccccc1. The van der Waals surface area contributed by atoms with Crippen molar-refractivity contribution in [1.82, 2.24) is 5.32 Å². The lowest BCUT2D eigenvalue weighted by Gasteiger charge is -2.10. The molecule has 1 amide bonds. The van der Waals surface area contributed by atoms with E-state index in [9.17, 15) is 4.79 Å². The monoisotopic (exact) mass is 263 g/mol. The van der Waals surface area contributed by atoms with Gasteiger partial charge < -0.3 is 9.73 Å². The van der Waals surface area contributed by atoms with Crippen molar-refractivity contribution >= 4 is 17.5 Å². The largest absolute Gasteiger partial charge is 0.469 e. The number of amides is 1. The molecule has 0 radical (unpaired) electrons. The first-order valence-electron chi connectivity index (χ1n) is 5.76. The molecule has 1 N–H and O–H groups in total. The molecule has 0 bridgehead atoms. The second-order valence-electron chi connectivity index (χ2n) is 3.89. The Balaban J connectivity index is 1.81. The minimum absolute atomic E-state index is 0.186. The molecule has 1 heterocycles. The summed E-state index contributed by atoms with van der Waals surface area (Å²) in [6, 6.07) is 13.0. The van der Waals surface area contributed by atoms with Crippen molar-refractivity contribution in [2.24, 2.45) is 0 Å². The van der Waals surface area contributed by atoms with Crippen LogP contribution in [0.3, 0.4) is 0 Å². The van der Waals surface area contributed by atoms with Crippen LogP contribution < -0.4 is 5.32 Å². The van der Waals surface area contributed by atoms with Crippen molar-refractivity contribution in [2.75, 3.05) is 6.54 Å². The lowest BCUT2D eigenvalue weighted by Crippen LogP contribution is -2.28. The van der Waals surface area contributed by atoms with Gasteiger partial charge in [-0.1, -0.05) is 30.3 Å². The molecule has 2 aromatic rings. The molecular formula is C14H14ClNO2. The molecular weight excluding hydrogens is 250 g/mol. The lowest BCUT2D eigenvalue weighted by atomic mass is 10.1. The zero-order valence-corrected chi connectivity index (χ0v) is 10.6. The molecule has 3 nitrogen and oxygen atoms in total. The van der Waals surface area contributed by atoms with Crippen molar-refractivity contribution in [2.45, 2.75) is 11.8 Å². The van der Waals surface area contributed by atoms with Gasteiger partial charge in [0.25, 0.3) is 0 Å². The number of nitrogens with one attached hydrogen (secondary N) is 1. The van der Waals surface area contributed by atoms with Crippen LogP contribution in [0.25, 0.3) is 0 Å². The summed E-state index contributed by atoms with van der Waals surface area (Å²) in [5, 5.41) is 2.14. The molecule has 0 aliphatic carbocycles. The van der Waals surface area contributed by atoms with Crippen LogP contribution >= 0.6 is 11.6 Å². The van der Waals surface area contributed by atoms with Crippen molar-refractivity contribution < 1.29 is 9.21 Å². The third kappa shape index (κ3) is 3.37. The molecule has 1 aromatic heterocycles. The van der Waals surface area contributed by atoms with Crippen LogP contribution in [0.5, 0.6) is 0 Å². The van der Waals surface area contributed by atoms with E-state index in [0.29, 0.717) is 13.0 Å². The van der Waals surface area contributed by atoms with E-state index in [2.05, 4.69) is 5.32 Å². The topological polar surface area (TPSA) is 42.2 Å². The average Bonchev–Trinajstić information content (AvgIpc) is 2.92. The highest BCUT2D eigenvalue weighted by Gasteiger charge is 2.16. The number of halogens is 1. The molecule has 4 heteroatoms. The molecule has 1 atom stereocenters. The van der Waals surface area contributed by atoms with Crippen LogP contribution in [0, 0.1) is 0 Å². The summed E-state index contributed by atoms with van der Waals surface area (Å²) in [6.07, 6.45) is 2.28. The van der Waals surface area contributed by atoms with Crippen molar-refractivity contribution in [3.05, 3.63) is 60.1 Å². The predicted octanol–water partition coefficient (Wildman–Crippen LogP) is 2.92. The van der Waals surface area contributed by atoms with Gasteiger partial charge in [-0.25, -0.2) is 0 Å². The van der Waals surface area contributed by atoms with E-state index >= 15 is 0 Å². The van der Waals surface area contributed by atoms with Gasteiger partial charge in [-0.15, -0.1) is 11.6 Å². The zero-order chi connectivity index (χ0) is 12.8. The predicted molar refractivity (Wildman–Crippen MR) is 70.5 cm³/mol. The smallest absolute Gasteiger partial charge is 0.242 e. The zero-order valence-electron chi connectivity index (χ0n) is 9.80. The Morgan fingerprint density at radius 2 is 2.00 bits per heavy atom. The minimum Gasteiger partial charge on any atom is -0.469 e. The van der Waals surface area contributed by atoms with Crippen LogP contribution in [0.1, 0.15) is 16.7 Å². The maximum absolute atomic E-state index is 11.8.